The molecule has 2 unspecified atom stereocenters. The van der Waals surface area contributed by atoms with Crippen molar-refractivity contribution in [2.45, 2.75) is 322 Å². The van der Waals surface area contributed by atoms with Gasteiger partial charge in [-0.2, -0.15) is 0 Å². The van der Waals surface area contributed by atoms with Crippen LogP contribution in [0.1, 0.15) is 316 Å². The van der Waals surface area contributed by atoms with Crippen molar-refractivity contribution >= 4 is 19.8 Å². The Morgan fingerprint density at radius 1 is 0.405 bits per heavy atom. The molecule has 0 saturated carbocycles. The van der Waals surface area contributed by atoms with E-state index < -0.39 is 26.5 Å². The lowest BCUT2D eigenvalue weighted by molar-refractivity contribution is -0.870. The molecule has 0 aliphatic carbocycles. The highest BCUT2D eigenvalue weighted by molar-refractivity contribution is 7.45. The monoisotopic (exact) mass is 1130 g/mol. The number of allylic oxidation sites excluding steroid dienone is 10. The zero-order valence-electron chi connectivity index (χ0n) is 52.6. The first-order chi connectivity index (χ1) is 38.5. The second-order valence-corrected chi connectivity index (χ2v) is 25.2. The van der Waals surface area contributed by atoms with E-state index in [1.807, 2.05) is 21.1 Å². The summed E-state index contributed by atoms with van der Waals surface area (Å²) in [5.41, 5.74) is 0. The van der Waals surface area contributed by atoms with Gasteiger partial charge in [0.25, 0.3) is 7.82 Å². The van der Waals surface area contributed by atoms with Gasteiger partial charge in [-0.1, -0.05) is 306 Å². The fraction of sp³-hybridized carbons (Fsp3) is 0.826. The van der Waals surface area contributed by atoms with Crippen LogP contribution in [0.3, 0.4) is 0 Å². The second-order valence-electron chi connectivity index (χ2n) is 23.8. The number of carbonyl (C=O) groups is 2. The lowest BCUT2D eigenvalue weighted by Gasteiger charge is -2.28. The third kappa shape index (κ3) is 64.7. The highest BCUT2D eigenvalue weighted by Crippen LogP contribution is 2.38. The van der Waals surface area contributed by atoms with E-state index in [1.54, 1.807) is 0 Å². The van der Waals surface area contributed by atoms with Crippen LogP contribution in [0.15, 0.2) is 60.8 Å². The smallest absolute Gasteiger partial charge is 0.306 e. The SMILES string of the molecule is CC/C=C\C/C=C\C/C=C\C/C=C\C/C=C\CCCCCCCCCCCC(=O)OC(COC(=O)CCCCCCCCCCCCCCCCCCCCCCCCCCCCCCCC)COP(=O)([O-])OCC[N+](C)(C)C. The number of carbonyl (C=O) groups excluding carboxylic acids is 2. The lowest BCUT2D eigenvalue weighted by Crippen LogP contribution is -2.37. The predicted molar refractivity (Wildman–Crippen MR) is 337 cm³/mol. The summed E-state index contributed by atoms with van der Waals surface area (Å²) in [4.78, 5) is 38.0. The summed E-state index contributed by atoms with van der Waals surface area (Å²) < 4.78 is 34.3. The Morgan fingerprint density at radius 2 is 0.722 bits per heavy atom. The maximum Gasteiger partial charge on any atom is 0.306 e. The molecule has 462 valence electrons. The molecule has 0 N–H and O–H groups in total. The van der Waals surface area contributed by atoms with Crippen LogP contribution < -0.4 is 4.89 Å². The molecule has 0 aromatic heterocycles. The Labute approximate surface area is 489 Å². The van der Waals surface area contributed by atoms with E-state index in [9.17, 15) is 19.0 Å². The van der Waals surface area contributed by atoms with Gasteiger partial charge in [-0.25, -0.2) is 0 Å². The summed E-state index contributed by atoms with van der Waals surface area (Å²) in [5, 5.41) is 0. The number of quaternary nitrogens is 1. The number of rotatable bonds is 62. The number of hydrogen-bond donors (Lipinski definition) is 0. The summed E-state index contributed by atoms with van der Waals surface area (Å²) >= 11 is 0. The summed E-state index contributed by atoms with van der Waals surface area (Å²) in [7, 11) is 1.17. The third-order valence-electron chi connectivity index (χ3n) is 14.8. The van der Waals surface area contributed by atoms with Crippen molar-refractivity contribution in [1.29, 1.82) is 0 Å². The minimum Gasteiger partial charge on any atom is -0.756 e. The molecule has 0 amide bonds. The fourth-order valence-corrected chi connectivity index (χ4v) is 10.4. The van der Waals surface area contributed by atoms with Crippen LogP contribution in [-0.4, -0.2) is 70.0 Å². The molecule has 0 fully saturated rings. The zero-order valence-corrected chi connectivity index (χ0v) is 53.5. The van der Waals surface area contributed by atoms with Gasteiger partial charge in [0.05, 0.1) is 27.7 Å². The van der Waals surface area contributed by atoms with Crippen molar-refractivity contribution in [3.8, 4) is 0 Å². The van der Waals surface area contributed by atoms with Crippen LogP contribution in [-0.2, 0) is 32.7 Å². The highest BCUT2D eigenvalue weighted by atomic mass is 31.2. The van der Waals surface area contributed by atoms with Crippen LogP contribution in [0.25, 0.3) is 0 Å². The largest absolute Gasteiger partial charge is 0.756 e. The van der Waals surface area contributed by atoms with Crippen molar-refractivity contribution in [1.82, 2.24) is 0 Å². The van der Waals surface area contributed by atoms with E-state index in [0.717, 1.165) is 77.0 Å². The molecular formula is C69H128NO8P. The molecule has 0 aliphatic rings. The minimum atomic E-state index is -4.64. The van der Waals surface area contributed by atoms with Gasteiger partial charge in [0.15, 0.2) is 6.10 Å². The molecule has 9 nitrogen and oxygen atoms in total. The van der Waals surface area contributed by atoms with Gasteiger partial charge in [0.1, 0.15) is 19.8 Å². The van der Waals surface area contributed by atoms with Gasteiger partial charge in [-0.15, -0.1) is 0 Å². The maximum atomic E-state index is 12.8. The normalized spacial score (nSPS) is 13.5. The topological polar surface area (TPSA) is 111 Å². The van der Waals surface area contributed by atoms with Crippen molar-refractivity contribution < 1.29 is 42.1 Å². The number of nitrogens with zero attached hydrogens (tertiary/aromatic N) is 1. The first-order valence-electron chi connectivity index (χ1n) is 33.5. The van der Waals surface area contributed by atoms with E-state index in [-0.39, 0.29) is 32.0 Å². The third-order valence-corrected chi connectivity index (χ3v) is 15.8. The van der Waals surface area contributed by atoms with Crippen LogP contribution in [0, 0.1) is 0 Å². The Morgan fingerprint density at radius 3 is 1.08 bits per heavy atom. The number of esters is 2. The summed E-state index contributed by atoms with van der Waals surface area (Å²) in [6, 6.07) is 0. The number of hydrogen-bond acceptors (Lipinski definition) is 8. The highest BCUT2D eigenvalue weighted by Gasteiger charge is 2.22. The Hall–Kier alpha value is -2.29. The van der Waals surface area contributed by atoms with Gasteiger partial charge in [-0.3, -0.25) is 14.2 Å². The molecule has 0 radical (unpaired) electrons. The average molecular weight is 1130 g/mol. The Balaban J connectivity index is 4.05. The molecule has 0 heterocycles. The van der Waals surface area contributed by atoms with Gasteiger partial charge in [-0.05, 0) is 57.8 Å². The standard InChI is InChI=1S/C69H128NO8P/c1-6-8-10-12-14-16-18-20-22-24-26-28-30-32-33-34-35-36-38-39-41-43-45-47-49-51-53-55-57-59-61-68(71)75-65-67(66-77-79(73,74)76-64-63-70(3,4)5)78-69(72)62-60-58-56-54-52-50-48-46-44-42-40-37-31-29-27-25-23-21-19-17-15-13-11-9-7-2/h9,11,15,17,21,23,27,29,37,40,67H,6-8,10,12-14,16,18-20,22,24-26,28,30-36,38-39,41-66H2,1-5H3/b11-9-,17-15-,23-21-,29-27-,40-37-. The number of phosphoric ester groups is 1. The van der Waals surface area contributed by atoms with Gasteiger partial charge in [0.2, 0.25) is 0 Å². The summed E-state index contributed by atoms with van der Waals surface area (Å²) in [6.07, 6.45) is 78.7. The van der Waals surface area contributed by atoms with E-state index in [4.69, 9.17) is 18.5 Å². The molecular weight excluding hydrogens is 1000 g/mol. The predicted octanol–water partition coefficient (Wildman–Crippen LogP) is 20.8. The van der Waals surface area contributed by atoms with Gasteiger partial charge < -0.3 is 27.9 Å². The molecule has 2 atom stereocenters. The molecule has 0 aromatic rings. The first-order valence-corrected chi connectivity index (χ1v) is 35.0. The molecule has 0 spiro atoms. The Bertz CT molecular complexity index is 1520. The number of unbranched alkanes of at least 4 members (excludes halogenated alkanes) is 38. The molecule has 0 aromatic carbocycles. The minimum absolute atomic E-state index is 0.0325. The quantitative estimate of drug-likeness (QED) is 0.0195. The lowest BCUT2D eigenvalue weighted by atomic mass is 10.0. The van der Waals surface area contributed by atoms with Crippen LogP contribution in [0.2, 0.25) is 0 Å². The molecule has 10 heteroatoms. The van der Waals surface area contributed by atoms with E-state index >= 15 is 0 Å². The zero-order chi connectivity index (χ0) is 57.7. The van der Waals surface area contributed by atoms with Crippen molar-refractivity contribution in [3.05, 3.63) is 60.8 Å². The van der Waals surface area contributed by atoms with Crippen LogP contribution in [0.5, 0.6) is 0 Å². The van der Waals surface area contributed by atoms with Gasteiger partial charge in [0, 0.05) is 12.8 Å². The van der Waals surface area contributed by atoms with E-state index in [2.05, 4.69) is 74.6 Å². The molecule has 0 rings (SSSR count). The summed E-state index contributed by atoms with van der Waals surface area (Å²) in [6.45, 7) is 4.17. The number of ether oxygens (including phenoxy) is 2. The summed E-state index contributed by atoms with van der Waals surface area (Å²) in [5.74, 6) is -0.828. The molecule has 0 bridgehead atoms. The number of phosphoric acid groups is 1. The number of likely N-dealkylation sites (N-methyl/N-ethyl adjacent to an activating group) is 1. The van der Waals surface area contributed by atoms with Crippen LogP contribution in [0.4, 0.5) is 0 Å². The molecule has 0 saturated heterocycles. The first kappa shape index (κ1) is 76.7. The van der Waals surface area contributed by atoms with Crippen molar-refractivity contribution in [3.63, 3.8) is 0 Å². The van der Waals surface area contributed by atoms with Crippen LogP contribution >= 0.6 is 7.82 Å². The van der Waals surface area contributed by atoms with Crippen molar-refractivity contribution in [2.75, 3.05) is 47.5 Å². The fourth-order valence-electron chi connectivity index (χ4n) is 9.69. The van der Waals surface area contributed by atoms with Crippen molar-refractivity contribution in [2.24, 2.45) is 0 Å². The molecule has 79 heavy (non-hydrogen) atoms. The van der Waals surface area contributed by atoms with E-state index in [1.165, 1.54) is 205 Å². The second kappa shape index (κ2) is 60.3. The van der Waals surface area contributed by atoms with E-state index in [0.29, 0.717) is 17.4 Å². The molecule has 0 aliphatic heterocycles. The maximum absolute atomic E-state index is 12.8. The van der Waals surface area contributed by atoms with Gasteiger partial charge >= 0.3 is 11.9 Å². The average Bonchev–Trinajstić information content (AvgIpc) is 3.41. The Kier molecular flexibility index (Phi) is 58.6.